The standard InChI is InChI=1S/C22H28N4O3/c27-20-8-11-26(22(28)23-20)21-18-13-17(4-5-19(18)29-24-21)12-15-6-9-25(10-7-15)14-16-2-1-3-16/h4-5,13,15-16H,1-3,6-12,14H2,(H,23,27,28). The van der Waals surface area contributed by atoms with Crippen LogP contribution in [0, 0.1) is 11.8 Å². The lowest BCUT2D eigenvalue weighted by Crippen LogP contribution is -2.49. The number of imide groups is 1. The van der Waals surface area contributed by atoms with Gasteiger partial charge >= 0.3 is 6.03 Å². The SMILES string of the molecule is O=C1CCN(c2noc3ccc(CC4CCN(CC5CCC5)CC4)cc23)C(=O)N1. The monoisotopic (exact) mass is 396 g/mol. The summed E-state index contributed by atoms with van der Waals surface area (Å²) in [5.74, 6) is 1.90. The zero-order valence-electron chi connectivity index (χ0n) is 16.7. The molecule has 2 aliphatic heterocycles. The molecule has 1 aromatic carbocycles. The fourth-order valence-corrected chi connectivity index (χ4v) is 4.81. The van der Waals surface area contributed by atoms with Crippen LogP contribution in [0.4, 0.5) is 10.6 Å². The van der Waals surface area contributed by atoms with Gasteiger partial charge < -0.3 is 9.42 Å². The lowest BCUT2D eigenvalue weighted by atomic mass is 9.84. The number of nitrogens with one attached hydrogen (secondary N) is 1. The third-order valence-electron chi connectivity index (χ3n) is 6.80. The van der Waals surface area contributed by atoms with Gasteiger partial charge in [0.1, 0.15) is 0 Å². The molecule has 2 aromatic rings. The van der Waals surface area contributed by atoms with Crippen LogP contribution in [-0.2, 0) is 11.2 Å². The number of likely N-dealkylation sites (tertiary alicyclic amines) is 1. The molecule has 5 rings (SSSR count). The number of piperidine rings is 1. The zero-order chi connectivity index (χ0) is 19.8. The van der Waals surface area contributed by atoms with Crippen LogP contribution in [0.5, 0.6) is 0 Å². The first-order chi connectivity index (χ1) is 14.2. The minimum atomic E-state index is -0.430. The molecule has 2 saturated heterocycles. The molecule has 3 amide bonds. The lowest BCUT2D eigenvalue weighted by Gasteiger charge is -2.37. The predicted molar refractivity (Wildman–Crippen MR) is 110 cm³/mol. The first-order valence-electron chi connectivity index (χ1n) is 10.9. The van der Waals surface area contributed by atoms with Gasteiger partial charge in [-0.1, -0.05) is 17.6 Å². The predicted octanol–water partition coefficient (Wildman–Crippen LogP) is 3.33. The molecule has 3 heterocycles. The highest BCUT2D eigenvalue weighted by Crippen LogP contribution is 2.31. The summed E-state index contributed by atoms with van der Waals surface area (Å²) in [6, 6.07) is 5.73. The number of anilines is 1. The molecular formula is C22H28N4O3. The summed E-state index contributed by atoms with van der Waals surface area (Å²) in [4.78, 5) is 27.8. The van der Waals surface area contributed by atoms with Gasteiger partial charge in [-0.2, -0.15) is 0 Å². The average molecular weight is 396 g/mol. The minimum absolute atomic E-state index is 0.247. The Morgan fingerprint density at radius 2 is 1.90 bits per heavy atom. The second kappa shape index (κ2) is 7.78. The van der Waals surface area contributed by atoms with Crippen molar-refractivity contribution >= 4 is 28.7 Å². The van der Waals surface area contributed by atoms with Crippen molar-refractivity contribution in [1.82, 2.24) is 15.4 Å². The molecule has 154 valence electrons. The molecule has 1 N–H and O–H groups in total. The van der Waals surface area contributed by atoms with Crippen LogP contribution >= 0.6 is 0 Å². The Morgan fingerprint density at radius 1 is 1.07 bits per heavy atom. The second-order valence-corrected chi connectivity index (χ2v) is 8.84. The number of amides is 3. The van der Waals surface area contributed by atoms with Crippen LogP contribution in [0.3, 0.4) is 0 Å². The molecule has 0 radical (unpaired) electrons. The van der Waals surface area contributed by atoms with Crippen LogP contribution in [0.15, 0.2) is 22.7 Å². The van der Waals surface area contributed by atoms with Crippen molar-refractivity contribution in [2.45, 2.75) is 44.9 Å². The number of hydrogen-bond acceptors (Lipinski definition) is 5. The zero-order valence-corrected chi connectivity index (χ0v) is 16.7. The van der Waals surface area contributed by atoms with E-state index in [4.69, 9.17) is 4.52 Å². The quantitative estimate of drug-likeness (QED) is 0.839. The Bertz CT molecular complexity index is 912. The molecule has 0 spiro atoms. The van der Waals surface area contributed by atoms with Gasteiger partial charge in [0.25, 0.3) is 0 Å². The highest BCUT2D eigenvalue weighted by Gasteiger charge is 2.29. The second-order valence-electron chi connectivity index (χ2n) is 8.84. The van der Waals surface area contributed by atoms with E-state index in [-0.39, 0.29) is 12.3 Å². The van der Waals surface area contributed by atoms with Gasteiger partial charge in [0, 0.05) is 19.5 Å². The fourth-order valence-electron chi connectivity index (χ4n) is 4.81. The minimum Gasteiger partial charge on any atom is -0.354 e. The average Bonchev–Trinajstić information content (AvgIpc) is 3.09. The summed E-state index contributed by atoms with van der Waals surface area (Å²) in [5.41, 5.74) is 1.93. The van der Waals surface area contributed by atoms with E-state index in [1.165, 1.54) is 62.2 Å². The molecule has 3 aliphatic rings. The molecule has 0 atom stereocenters. The Kier molecular flexibility index (Phi) is 4.99. The van der Waals surface area contributed by atoms with Crippen LogP contribution in [0.25, 0.3) is 11.0 Å². The van der Waals surface area contributed by atoms with E-state index in [1.807, 2.05) is 6.07 Å². The number of carbonyl (C=O) groups is 2. The Morgan fingerprint density at radius 3 is 2.62 bits per heavy atom. The van der Waals surface area contributed by atoms with Gasteiger partial charge in [0.2, 0.25) is 5.91 Å². The molecular weight excluding hydrogens is 368 g/mol. The summed E-state index contributed by atoms with van der Waals surface area (Å²) < 4.78 is 5.43. The Balaban J connectivity index is 1.25. The van der Waals surface area contributed by atoms with Crippen LogP contribution in [0.1, 0.15) is 44.1 Å². The van der Waals surface area contributed by atoms with Crippen molar-refractivity contribution in [3.8, 4) is 0 Å². The third kappa shape index (κ3) is 3.88. The van der Waals surface area contributed by atoms with Gasteiger partial charge in [-0.25, -0.2) is 4.79 Å². The molecule has 1 aliphatic carbocycles. The fraction of sp³-hybridized carbons (Fsp3) is 0.591. The first kappa shape index (κ1) is 18.6. The number of rotatable bonds is 5. The molecule has 0 unspecified atom stereocenters. The van der Waals surface area contributed by atoms with E-state index in [0.717, 1.165) is 17.7 Å². The topological polar surface area (TPSA) is 78.7 Å². The smallest absolute Gasteiger partial charge is 0.329 e. The van der Waals surface area contributed by atoms with Gasteiger partial charge in [-0.15, -0.1) is 0 Å². The van der Waals surface area contributed by atoms with Crippen molar-refractivity contribution in [2.75, 3.05) is 31.1 Å². The molecule has 1 aromatic heterocycles. The van der Waals surface area contributed by atoms with Crippen molar-refractivity contribution in [3.05, 3.63) is 23.8 Å². The van der Waals surface area contributed by atoms with Gasteiger partial charge in [-0.05, 0) is 74.7 Å². The van der Waals surface area contributed by atoms with E-state index in [2.05, 4.69) is 27.5 Å². The van der Waals surface area contributed by atoms with Crippen molar-refractivity contribution in [2.24, 2.45) is 11.8 Å². The Labute approximate surface area is 170 Å². The number of urea groups is 1. The van der Waals surface area contributed by atoms with Crippen molar-refractivity contribution in [1.29, 1.82) is 0 Å². The molecule has 7 nitrogen and oxygen atoms in total. The van der Waals surface area contributed by atoms with E-state index < -0.39 is 6.03 Å². The number of carbonyl (C=O) groups excluding carboxylic acids is 2. The molecule has 29 heavy (non-hydrogen) atoms. The maximum absolute atomic E-state index is 12.2. The molecule has 1 saturated carbocycles. The first-order valence-corrected chi connectivity index (χ1v) is 10.9. The largest absolute Gasteiger partial charge is 0.354 e. The van der Waals surface area contributed by atoms with E-state index in [1.54, 1.807) is 0 Å². The summed E-state index contributed by atoms with van der Waals surface area (Å²) >= 11 is 0. The van der Waals surface area contributed by atoms with Crippen molar-refractivity contribution < 1.29 is 14.1 Å². The highest BCUT2D eigenvalue weighted by molar-refractivity contribution is 6.08. The molecule has 0 bridgehead atoms. The number of benzene rings is 1. The van der Waals surface area contributed by atoms with E-state index in [0.29, 0.717) is 23.9 Å². The van der Waals surface area contributed by atoms with Crippen molar-refractivity contribution in [3.63, 3.8) is 0 Å². The molecule has 3 fully saturated rings. The third-order valence-corrected chi connectivity index (χ3v) is 6.80. The van der Waals surface area contributed by atoms with Crippen LogP contribution in [0.2, 0.25) is 0 Å². The Hall–Kier alpha value is -2.41. The maximum Gasteiger partial charge on any atom is 0.329 e. The number of fused-ring (bicyclic) bond motifs is 1. The lowest BCUT2D eigenvalue weighted by molar-refractivity contribution is -0.120. The van der Waals surface area contributed by atoms with Gasteiger partial charge in [0.05, 0.1) is 5.39 Å². The van der Waals surface area contributed by atoms with Gasteiger partial charge in [0.15, 0.2) is 11.4 Å². The molecule has 7 heteroatoms. The van der Waals surface area contributed by atoms with Crippen LogP contribution < -0.4 is 10.2 Å². The highest BCUT2D eigenvalue weighted by atomic mass is 16.5. The number of aromatic nitrogens is 1. The summed E-state index contributed by atoms with van der Waals surface area (Å²) in [7, 11) is 0. The summed E-state index contributed by atoms with van der Waals surface area (Å²) in [6.45, 7) is 4.05. The summed E-state index contributed by atoms with van der Waals surface area (Å²) in [6.07, 6.45) is 8.08. The van der Waals surface area contributed by atoms with E-state index >= 15 is 0 Å². The summed E-state index contributed by atoms with van der Waals surface area (Å²) in [5, 5.41) is 7.30. The normalized spacial score (nSPS) is 22.1. The number of nitrogens with zero attached hydrogens (tertiary/aromatic N) is 3. The number of hydrogen-bond donors (Lipinski definition) is 1. The van der Waals surface area contributed by atoms with Gasteiger partial charge in [-0.3, -0.25) is 15.0 Å². The van der Waals surface area contributed by atoms with E-state index in [9.17, 15) is 9.59 Å². The van der Waals surface area contributed by atoms with Crippen LogP contribution in [-0.4, -0.2) is 48.2 Å². The maximum atomic E-state index is 12.2.